The zero-order valence-corrected chi connectivity index (χ0v) is 56.9. The number of nitrogens with one attached hydrogen (secondary N) is 4. The summed E-state index contributed by atoms with van der Waals surface area (Å²) in [4.78, 5) is 169. The third-order valence-corrected chi connectivity index (χ3v) is 16.7. The molecule has 1 saturated heterocycles. The third kappa shape index (κ3) is 21.0. The predicted octanol–water partition coefficient (Wildman–Crippen LogP) is 3.16. The number of rotatable bonds is 15. The maximum Gasteiger partial charge on any atom is 0.246 e. The molecular weight excluding hydrogens is 1120 g/mol. The van der Waals surface area contributed by atoms with Crippen molar-refractivity contribution in [2.75, 3.05) is 49.3 Å². The molecule has 24 heteroatoms. The molecule has 494 valence electrons. The number of nitriles is 1. The Morgan fingerprint density at radius 2 is 0.920 bits per heavy atom. The molecule has 11 amide bonds. The second-order valence-corrected chi connectivity index (χ2v) is 26.1. The van der Waals surface area contributed by atoms with E-state index < -0.39 is 161 Å². The van der Waals surface area contributed by atoms with Crippen LogP contribution in [0.1, 0.15) is 156 Å². The molecule has 0 unspecified atom stereocenters. The van der Waals surface area contributed by atoms with Crippen LogP contribution in [0.4, 0.5) is 0 Å². The Labute approximate surface area is 519 Å². The number of aliphatic hydroxyl groups is 1. The number of carbonyl (C=O) groups is 11. The molecule has 5 N–H and O–H groups in total. The standard InChI is InChI=1S/C63H110N12O12/c1-25-27-28-40(14)52(76)51-56(80)67-44(26-2)59(83)69(18)43(17)58(82)74(23)50(39(13)29-30-64)55(79)68-48(37(9)10)62(86)70(19)45(31-34(3)4)54(78)65-41(15)53(77)66-42(16)57(81)71(20)46(32-35(5)6)60(84)72(21)47(33-36(7)8)61(85)73(22)49(38(11)12)63(87)75(51)24/h25,27,34-52,76H,26,28-29,31-33H2,1-24H3,(H,65,78)(H,66,77)(H,67,80)(H,68,79)/b27-25+/t39-,40-,41+,42-,43-,44+,45+,46+,47+,48+,49+,50+,51+,52-/m1/s1. The van der Waals surface area contributed by atoms with Gasteiger partial charge in [-0.15, -0.1) is 0 Å². The Morgan fingerprint density at radius 1 is 0.483 bits per heavy atom. The second kappa shape index (κ2) is 35.4. The van der Waals surface area contributed by atoms with Crippen LogP contribution in [0.3, 0.4) is 0 Å². The third-order valence-electron chi connectivity index (χ3n) is 16.7. The summed E-state index contributed by atoms with van der Waals surface area (Å²) < 4.78 is 0. The molecular formula is C63H110N12O12. The monoisotopic (exact) mass is 1230 g/mol. The van der Waals surface area contributed by atoms with Crippen LogP contribution in [0.25, 0.3) is 0 Å². The smallest absolute Gasteiger partial charge is 0.246 e. The van der Waals surface area contributed by atoms with Crippen molar-refractivity contribution in [3.63, 3.8) is 0 Å². The van der Waals surface area contributed by atoms with Crippen molar-refractivity contribution in [1.29, 1.82) is 5.26 Å². The van der Waals surface area contributed by atoms with Gasteiger partial charge in [0.1, 0.15) is 66.5 Å². The molecule has 14 atom stereocenters. The van der Waals surface area contributed by atoms with Crippen LogP contribution >= 0.6 is 0 Å². The summed E-state index contributed by atoms with van der Waals surface area (Å²) in [6.45, 7) is 28.9. The van der Waals surface area contributed by atoms with Gasteiger partial charge in [0.2, 0.25) is 65.0 Å². The van der Waals surface area contributed by atoms with Crippen molar-refractivity contribution in [1.82, 2.24) is 55.6 Å². The second-order valence-electron chi connectivity index (χ2n) is 26.1. The SMILES string of the molecule is C/C=C/C[C@@H](C)[C@@H](O)[C@H]1C(=O)N[C@@H](CC)C(=O)N(C)[C@H](C)C(=O)N(C)[C@@H]([C@H](C)CC#N)C(=O)N[C@@H](C(C)C)C(=O)N(C)[C@@H](CC(C)C)C(=O)N[C@@H](C)C(=O)N[C@H](C)C(=O)N(C)[C@@H](CC(C)C)C(=O)N(C)[C@@H](CC(C)C)C(=O)N(C)[C@@H](C(C)C)C(=O)N1C. The number of allylic oxidation sites excluding steroid dienone is 2. The molecule has 0 bridgehead atoms. The zero-order valence-electron chi connectivity index (χ0n) is 56.9. The van der Waals surface area contributed by atoms with Gasteiger partial charge in [-0.2, -0.15) is 5.26 Å². The van der Waals surface area contributed by atoms with Gasteiger partial charge in [0.15, 0.2) is 0 Å². The van der Waals surface area contributed by atoms with E-state index in [4.69, 9.17) is 0 Å². The summed E-state index contributed by atoms with van der Waals surface area (Å²) in [5.41, 5.74) is 0. The van der Waals surface area contributed by atoms with Gasteiger partial charge in [0.25, 0.3) is 0 Å². The number of likely N-dealkylation sites (N-methyl/N-ethyl adjacent to an activating group) is 7. The van der Waals surface area contributed by atoms with Crippen LogP contribution < -0.4 is 21.3 Å². The summed E-state index contributed by atoms with van der Waals surface area (Å²) in [7, 11) is 9.73. The molecule has 0 spiro atoms. The molecule has 87 heavy (non-hydrogen) atoms. The molecule has 1 aliphatic heterocycles. The topological polar surface area (TPSA) is 303 Å². The highest BCUT2D eigenvalue weighted by molar-refractivity contribution is 6.00. The maximum atomic E-state index is 15.2. The fraction of sp³-hybridized carbons (Fsp3) is 0.778. The average Bonchev–Trinajstić information content (AvgIpc) is 1.38. The van der Waals surface area contributed by atoms with Crippen molar-refractivity contribution < 1.29 is 57.8 Å². The first-order valence-corrected chi connectivity index (χ1v) is 30.9. The minimum absolute atomic E-state index is 0.0202. The lowest BCUT2D eigenvalue weighted by Gasteiger charge is -2.41. The lowest BCUT2D eigenvalue weighted by molar-refractivity contribution is -0.157. The Kier molecular flexibility index (Phi) is 31.9. The van der Waals surface area contributed by atoms with E-state index >= 15 is 9.59 Å². The molecule has 1 rings (SSSR count). The largest absolute Gasteiger partial charge is 0.390 e. The first-order valence-electron chi connectivity index (χ1n) is 30.9. The van der Waals surface area contributed by atoms with Gasteiger partial charge in [0, 0.05) is 55.8 Å². The Bertz CT molecular complexity index is 2460. The molecule has 0 aromatic heterocycles. The van der Waals surface area contributed by atoms with E-state index in [1.54, 1.807) is 67.5 Å². The van der Waals surface area contributed by atoms with Crippen molar-refractivity contribution in [3.05, 3.63) is 12.2 Å². The quantitative estimate of drug-likeness (QED) is 0.148. The Morgan fingerprint density at radius 3 is 1.38 bits per heavy atom. The molecule has 24 nitrogen and oxygen atoms in total. The van der Waals surface area contributed by atoms with Gasteiger partial charge in [-0.3, -0.25) is 52.7 Å². The number of amides is 11. The average molecular weight is 1230 g/mol. The van der Waals surface area contributed by atoms with Crippen LogP contribution in [0.15, 0.2) is 12.2 Å². The van der Waals surface area contributed by atoms with Gasteiger partial charge < -0.3 is 60.7 Å². The van der Waals surface area contributed by atoms with Gasteiger partial charge >= 0.3 is 0 Å². The highest BCUT2D eigenvalue weighted by Gasteiger charge is 2.46. The fourth-order valence-corrected chi connectivity index (χ4v) is 11.1. The first kappa shape index (κ1) is 78.4. The molecule has 1 aliphatic rings. The Balaban J connectivity index is 4.41. The molecule has 0 saturated carbocycles. The zero-order chi connectivity index (χ0) is 67.6. The lowest BCUT2D eigenvalue weighted by atomic mass is 9.91. The summed E-state index contributed by atoms with van der Waals surface area (Å²) in [5, 5.41) is 32.9. The van der Waals surface area contributed by atoms with E-state index in [0.29, 0.717) is 6.42 Å². The minimum Gasteiger partial charge on any atom is -0.390 e. The van der Waals surface area contributed by atoms with Crippen LogP contribution in [0.2, 0.25) is 0 Å². The van der Waals surface area contributed by atoms with Gasteiger partial charge in [-0.1, -0.05) is 102 Å². The van der Waals surface area contributed by atoms with E-state index in [1.807, 2.05) is 47.6 Å². The van der Waals surface area contributed by atoms with Crippen LogP contribution in [0.5, 0.6) is 0 Å². The van der Waals surface area contributed by atoms with Crippen molar-refractivity contribution in [2.45, 2.75) is 229 Å². The molecule has 1 heterocycles. The molecule has 0 aromatic carbocycles. The Hall–Kier alpha value is -6.64. The van der Waals surface area contributed by atoms with Crippen LogP contribution in [-0.2, 0) is 52.7 Å². The number of hydrogen-bond donors (Lipinski definition) is 5. The van der Waals surface area contributed by atoms with E-state index in [9.17, 15) is 53.5 Å². The van der Waals surface area contributed by atoms with E-state index in [-0.39, 0.29) is 49.9 Å². The highest BCUT2D eigenvalue weighted by Crippen LogP contribution is 2.26. The molecule has 0 aromatic rings. The molecule has 0 aliphatic carbocycles. The van der Waals surface area contributed by atoms with Gasteiger partial charge in [-0.25, -0.2) is 0 Å². The number of nitrogens with zero attached hydrogens (tertiary/aromatic N) is 8. The number of aliphatic hydroxyl groups excluding tert-OH is 1. The maximum absolute atomic E-state index is 15.2. The van der Waals surface area contributed by atoms with Crippen molar-refractivity contribution >= 4 is 65.0 Å². The van der Waals surface area contributed by atoms with Crippen LogP contribution in [-0.4, -0.2) is 226 Å². The van der Waals surface area contributed by atoms with Gasteiger partial charge in [-0.05, 0) is 101 Å². The van der Waals surface area contributed by atoms with E-state index in [2.05, 4.69) is 21.3 Å². The lowest BCUT2D eigenvalue weighted by Crippen LogP contribution is -2.64. The van der Waals surface area contributed by atoms with E-state index in [0.717, 1.165) is 14.7 Å². The van der Waals surface area contributed by atoms with Crippen molar-refractivity contribution in [2.24, 2.45) is 41.4 Å². The normalized spacial score (nSPS) is 27.6. The summed E-state index contributed by atoms with van der Waals surface area (Å²) in [6.07, 6.45) is 2.50. The highest BCUT2D eigenvalue weighted by atomic mass is 16.3. The number of carbonyl (C=O) groups excluding carboxylic acids is 11. The summed E-state index contributed by atoms with van der Waals surface area (Å²) in [6, 6.07) is -12.2. The predicted molar refractivity (Wildman–Crippen MR) is 333 cm³/mol. The summed E-state index contributed by atoms with van der Waals surface area (Å²) in [5.74, 6) is -11.1. The van der Waals surface area contributed by atoms with Crippen LogP contribution in [0, 0.1) is 52.8 Å². The summed E-state index contributed by atoms with van der Waals surface area (Å²) >= 11 is 0. The number of hydrogen-bond acceptors (Lipinski definition) is 13. The fourth-order valence-electron chi connectivity index (χ4n) is 11.1. The first-order chi connectivity index (χ1) is 40.2. The molecule has 0 radical (unpaired) electrons. The van der Waals surface area contributed by atoms with E-state index in [1.165, 1.54) is 89.7 Å². The van der Waals surface area contributed by atoms with Gasteiger partial charge in [0.05, 0.1) is 12.2 Å². The molecule has 1 fully saturated rings. The minimum atomic E-state index is -1.64. The van der Waals surface area contributed by atoms with Crippen molar-refractivity contribution in [3.8, 4) is 6.07 Å².